The van der Waals surface area contributed by atoms with Gasteiger partial charge >= 0.3 is 0 Å². The summed E-state index contributed by atoms with van der Waals surface area (Å²) in [4.78, 5) is 10.1. The highest BCUT2D eigenvalue weighted by Crippen LogP contribution is 2.37. The summed E-state index contributed by atoms with van der Waals surface area (Å²) in [5, 5.41) is 0. The lowest BCUT2D eigenvalue weighted by atomic mass is 10.2. The normalized spacial score (nSPS) is 17.3. The molecule has 1 aliphatic heterocycles. The number of pyridine rings is 1. The van der Waals surface area contributed by atoms with Crippen LogP contribution in [0.15, 0.2) is 41.0 Å². The molecule has 0 N–H and O–H groups in total. The number of rotatable bonds is 3. The zero-order valence-corrected chi connectivity index (χ0v) is 13.9. The summed E-state index contributed by atoms with van der Waals surface area (Å²) in [5.74, 6) is 0.664. The molecule has 0 unspecified atom stereocenters. The van der Waals surface area contributed by atoms with Crippen molar-refractivity contribution in [1.82, 2.24) is 4.98 Å². The van der Waals surface area contributed by atoms with Gasteiger partial charge in [-0.2, -0.15) is 0 Å². The van der Waals surface area contributed by atoms with Gasteiger partial charge in [-0.1, -0.05) is 34.1 Å². The van der Waals surface area contributed by atoms with Crippen LogP contribution < -0.4 is 9.64 Å². The van der Waals surface area contributed by atoms with Crippen LogP contribution in [0.5, 0.6) is 5.88 Å². The predicted octanol–water partition coefficient (Wildman–Crippen LogP) is 4.36. The Labute approximate surface area is 138 Å². The molecule has 3 rings (SSSR count). The van der Waals surface area contributed by atoms with Crippen molar-refractivity contribution in [1.29, 1.82) is 0 Å². The van der Waals surface area contributed by atoms with Crippen LogP contribution in [0.1, 0.15) is 12.0 Å². The Balaban J connectivity index is 1.71. The Morgan fingerprint density at radius 1 is 1.36 bits per heavy atom. The van der Waals surface area contributed by atoms with Gasteiger partial charge in [0, 0.05) is 35.4 Å². The van der Waals surface area contributed by atoms with Gasteiger partial charge in [0.2, 0.25) is 11.6 Å². The summed E-state index contributed by atoms with van der Waals surface area (Å²) in [6.07, 6.45) is 2.85. The number of hydrogen-bond acceptors (Lipinski definition) is 3. The standard InChI is InChI=1S/C17H16BrN3O/c1-12-6-7-16(20-10-12)22-13-8-9-21(11-13)15-5-3-4-14(18)17(15)19-2/h3-7,10,13H,8-9,11H2,1H3/t13-/m0/s1. The maximum atomic E-state index is 7.37. The Bertz CT molecular complexity index is 709. The molecule has 1 aromatic carbocycles. The van der Waals surface area contributed by atoms with E-state index in [1.54, 1.807) is 0 Å². The minimum atomic E-state index is 0.104. The first-order valence-electron chi connectivity index (χ1n) is 7.17. The summed E-state index contributed by atoms with van der Waals surface area (Å²) in [6.45, 7) is 11.0. The van der Waals surface area contributed by atoms with E-state index in [4.69, 9.17) is 11.3 Å². The van der Waals surface area contributed by atoms with Crippen LogP contribution in [-0.2, 0) is 0 Å². The lowest BCUT2D eigenvalue weighted by Gasteiger charge is -2.20. The molecule has 0 amide bonds. The van der Waals surface area contributed by atoms with Gasteiger partial charge in [0.15, 0.2) is 0 Å². The first kappa shape index (κ1) is 14.9. The van der Waals surface area contributed by atoms with Crippen molar-refractivity contribution < 1.29 is 4.74 Å². The molecule has 1 saturated heterocycles. The predicted molar refractivity (Wildman–Crippen MR) is 90.6 cm³/mol. The van der Waals surface area contributed by atoms with Gasteiger partial charge in [0.05, 0.1) is 13.1 Å². The second-order valence-corrected chi connectivity index (χ2v) is 6.22. The summed E-state index contributed by atoms with van der Waals surface area (Å²) >= 11 is 3.45. The minimum absolute atomic E-state index is 0.104. The molecule has 112 valence electrons. The maximum Gasteiger partial charge on any atom is 0.223 e. The van der Waals surface area contributed by atoms with Crippen molar-refractivity contribution in [3.05, 3.63) is 58.0 Å². The van der Waals surface area contributed by atoms with E-state index in [0.29, 0.717) is 11.6 Å². The van der Waals surface area contributed by atoms with Crippen LogP contribution in [0.2, 0.25) is 0 Å². The molecule has 2 aromatic rings. The molecule has 1 atom stereocenters. The molecule has 1 aromatic heterocycles. The van der Waals surface area contributed by atoms with Gasteiger partial charge in [-0.05, 0) is 18.6 Å². The number of aromatic nitrogens is 1. The second kappa shape index (κ2) is 6.37. The molecule has 1 aliphatic rings. The quantitative estimate of drug-likeness (QED) is 0.764. The maximum absolute atomic E-state index is 7.37. The van der Waals surface area contributed by atoms with Gasteiger partial charge < -0.3 is 9.64 Å². The number of hydrogen-bond donors (Lipinski definition) is 0. The highest BCUT2D eigenvalue weighted by atomic mass is 79.9. The van der Waals surface area contributed by atoms with Gasteiger partial charge in [-0.25, -0.2) is 9.83 Å². The number of benzene rings is 1. The number of aryl methyl sites for hydroxylation is 1. The Morgan fingerprint density at radius 3 is 2.95 bits per heavy atom. The molecular formula is C17H16BrN3O. The van der Waals surface area contributed by atoms with E-state index in [-0.39, 0.29) is 6.10 Å². The molecule has 22 heavy (non-hydrogen) atoms. The third-order valence-corrected chi connectivity index (χ3v) is 4.37. The lowest BCUT2D eigenvalue weighted by molar-refractivity contribution is 0.216. The molecule has 2 heterocycles. The van der Waals surface area contributed by atoms with Crippen LogP contribution in [0, 0.1) is 13.5 Å². The van der Waals surface area contributed by atoms with Gasteiger partial charge in [0.25, 0.3) is 0 Å². The first-order chi connectivity index (χ1) is 10.7. The number of para-hydroxylation sites is 1. The van der Waals surface area contributed by atoms with Crippen molar-refractivity contribution in [3.63, 3.8) is 0 Å². The molecule has 0 spiro atoms. The van der Waals surface area contributed by atoms with Crippen molar-refractivity contribution in [2.24, 2.45) is 0 Å². The summed E-state index contributed by atoms with van der Waals surface area (Å²) in [7, 11) is 0. The van der Waals surface area contributed by atoms with Crippen molar-refractivity contribution in [2.45, 2.75) is 19.4 Å². The first-order valence-corrected chi connectivity index (χ1v) is 7.97. The van der Waals surface area contributed by atoms with Gasteiger partial charge in [-0.3, -0.25) is 0 Å². The van der Waals surface area contributed by atoms with Crippen molar-refractivity contribution >= 4 is 27.3 Å². The van der Waals surface area contributed by atoms with E-state index in [1.165, 1.54) is 0 Å². The zero-order chi connectivity index (χ0) is 15.5. The topological polar surface area (TPSA) is 29.7 Å². The minimum Gasteiger partial charge on any atom is -0.472 e. The third kappa shape index (κ3) is 3.07. The second-order valence-electron chi connectivity index (χ2n) is 5.37. The fourth-order valence-corrected chi connectivity index (χ4v) is 3.05. The van der Waals surface area contributed by atoms with E-state index in [2.05, 4.69) is 30.7 Å². The number of halogens is 1. The summed E-state index contributed by atoms with van der Waals surface area (Å²) in [6, 6.07) is 9.76. The molecule has 0 aliphatic carbocycles. The monoisotopic (exact) mass is 357 g/mol. The highest BCUT2D eigenvalue weighted by Gasteiger charge is 2.26. The summed E-state index contributed by atoms with van der Waals surface area (Å²) in [5.41, 5.74) is 2.75. The van der Waals surface area contributed by atoms with Gasteiger partial charge in [0.1, 0.15) is 6.10 Å². The van der Waals surface area contributed by atoms with Crippen LogP contribution in [0.4, 0.5) is 11.4 Å². The van der Waals surface area contributed by atoms with Crippen LogP contribution in [0.25, 0.3) is 4.85 Å². The molecule has 0 bridgehead atoms. The number of nitrogens with zero attached hydrogens (tertiary/aromatic N) is 3. The largest absolute Gasteiger partial charge is 0.472 e. The average Bonchev–Trinajstić information content (AvgIpc) is 2.98. The fourth-order valence-electron chi connectivity index (χ4n) is 2.61. The smallest absolute Gasteiger partial charge is 0.223 e. The Hall–Kier alpha value is -2.06. The van der Waals surface area contributed by atoms with Gasteiger partial charge in [-0.15, -0.1) is 0 Å². The third-order valence-electron chi connectivity index (χ3n) is 3.73. The SMILES string of the molecule is [C-]#[N+]c1c(Br)cccc1N1CC[C@H](Oc2ccc(C)cn2)C1. The van der Waals surface area contributed by atoms with Crippen LogP contribution in [0.3, 0.4) is 0 Å². The van der Waals surface area contributed by atoms with Crippen molar-refractivity contribution in [2.75, 3.05) is 18.0 Å². The molecule has 5 heteroatoms. The zero-order valence-electron chi connectivity index (χ0n) is 12.3. The van der Waals surface area contributed by atoms with E-state index in [1.807, 2.05) is 43.5 Å². The molecule has 4 nitrogen and oxygen atoms in total. The molecule has 0 radical (unpaired) electrons. The van der Waals surface area contributed by atoms with Crippen LogP contribution in [-0.4, -0.2) is 24.2 Å². The average molecular weight is 358 g/mol. The molecular weight excluding hydrogens is 342 g/mol. The van der Waals surface area contributed by atoms with E-state index < -0.39 is 0 Å². The highest BCUT2D eigenvalue weighted by molar-refractivity contribution is 9.10. The summed E-state index contributed by atoms with van der Waals surface area (Å²) < 4.78 is 6.78. The van der Waals surface area contributed by atoms with Crippen molar-refractivity contribution in [3.8, 4) is 5.88 Å². The van der Waals surface area contributed by atoms with E-state index in [9.17, 15) is 0 Å². The van der Waals surface area contributed by atoms with E-state index >= 15 is 0 Å². The lowest BCUT2D eigenvalue weighted by Crippen LogP contribution is -2.24. The molecule has 0 saturated carbocycles. The number of ether oxygens (including phenoxy) is 1. The molecule has 1 fully saturated rings. The fraction of sp³-hybridized carbons (Fsp3) is 0.294. The van der Waals surface area contributed by atoms with E-state index in [0.717, 1.165) is 35.2 Å². The Kier molecular flexibility index (Phi) is 4.30. The number of anilines is 1. The van der Waals surface area contributed by atoms with Crippen LogP contribution >= 0.6 is 15.9 Å². The Morgan fingerprint density at radius 2 is 2.23 bits per heavy atom.